The molecule has 0 heterocycles. The number of hydrogen-bond acceptors (Lipinski definition) is 8. The molecular weight excluding hydrogens is 432 g/mol. The molecule has 0 aliphatic heterocycles. The molecule has 2 aromatic carbocycles. The Morgan fingerprint density at radius 3 is 2.19 bits per heavy atom. The van der Waals surface area contributed by atoms with Crippen molar-refractivity contribution in [3.63, 3.8) is 0 Å². The fourth-order valence-corrected chi connectivity index (χ4v) is 2.87. The van der Waals surface area contributed by atoms with Gasteiger partial charge in [-0.15, -0.1) is 0 Å². The molecule has 0 fully saturated rings. The number of hydrogen-bond donors (Lipinski definition) is 1. The van der Waals surface area contributed by atoms with E-state index in [1.807, 2.05) is 0 Å². The van der Waals surface area contributed by atoms with E-state index in [0.29, 0.717) is 22.8 Å². The van der Waals surface area contributed by atoms with Gasteiger partial charge in [0, 0.05) is 12.1 Å². The number of methoxy groups -OCH3 is 3. The quantitative estimate of drug-likeness (QED) is 0.348. The summed E-state index contributed by atoms with van der Waals surface area (Å²) in [6, 6.07) is 6.80. The van der Waals surface area contributed by atoms with Crippen LogP contribution in [0.4, 0.5) is 11.4 Å². The number of carbonyl (C=O) groups is 2. The van der Waals surface area contributed by atoms with E-state index in [1.54, 1.807) is 12.1 Å². The lowest BCUT2D eigenvalue weighted by molar-refractivity contribution is -0.384. The predicted molar refractivity (Wildman–Crippen MR) is 112 cm³/mol. The smallest absolute Gasteiger partial charge is 0.311 e. The maximum absolute atomic E-state index is 12.3. The molecule has 10 nitrogen and oxygen atoms in total. The highest BCUT2D eigenvalue weighted by Crippen LogP contribution is 2.38. The molecule has 11 heteroatoms. The number of non-ortho nitro benzene ring substituents is 1. The molecule has 0 aromatic heterocycles. The molecule has 2 rings (SSSR count). The van der Waals surface area contributed by atoms with Crippen molar-refractivity contribution in [2.45, 2.75) is 19.4 Å². The molecule has 1 atom stereocenters. The third kappa shape index (κ3) is 5.98. The molecule has 0 radical (unpaired) electrons. The summed E-state index contributed by atoms with van der Waals surface area (Å²) in [4.78, 5) is 34.8. The monoisotopic (exact) mass is 452 g/mol. The van der Waals surface area contributed by atoms with Crippen LogP contribution >= 0.6 is 11.6 Å². The fraction of sp³-hybridized carbons (Fsp3) is 0.300. The van der Waals surface area contributed by atoms with Crippen molar-refractivity contribution >= 4 is 34.9 Å². The molecule has 31 heavy (non-hydrogen) atoms. The topological polar surface area (TPSA) is 126 Å². The highest BCUT2D eigenvalue weighted by atomic mass is 35.5. The Balaban J connectivity index is 2.04. The number of esters is 1. The number of anilines is 1. The summed E-state index contributed by atoms with van der Waals surface area (Å²) in [6.07, 6.45) is -1.28. The molecule has 2 aromatic rings. The number of carbonyl (C=O) groups excluding carboxylic acids is 2. The van der Waals surface area contributed by atoms with Crippen LogP contribution in [-0.2, 0) is 20.7 Å². The zero-order chi connectivity index (χ0) is 23.1. The Hall–Kier alpha value is -3.53. The van der Waals surface area contributed by atoms with E-state index in [9.17, 15) is 19.7 Å². The van der Waals surface area contributed by atoms with Crippen LogP contribution in [0.25, 0.3) is 0 Å². The van der Waals surface area contributed by atoms with Gasteiger partial charge in [0.05, 0.1) is 43.4 Å². The van der Waals surface area contributed by atoms with Gasteiger partial charge < -0.3 is 24.3 Å². The summed E-state index contributed by atoms with van der Waals surface area (Å²) in [6.45, 7) is 1.39. The SMILES string of the molecule is COc1cc(CC(=O)OC(C)C(=O)Nc2ccc([N+](=O)[O-])cc2Cl)cc(OC)c1OC. The van der Waals surface area contributed by atoms with E-state index in [1.165, 1.54) is 40.4 Å². The lowest BCUT2D eigenvalue weighted by Crippen LogP contribution is -2.30. The van der Waals surface area contributed by atoms with Gasteiger partial charge in [0.1, 0.15) is 0 Å². The van der Waals surface area contributed by atoms with E-state index in [-0.39, 0.29) is 22.8 Å². The first-order valence-electron chi connectivity index (χ1n) is 8.93. The summed E-state index contributed by atoms with van der Waals surface area (Å²) in [7, 11) is 4.37. The molecule has 0 aliphatic rings. The van der Waals surface area contributed by atoms with Gasteiger partial charge in [-0.3, -0.25) is 19.7 Å². The predicted octanol–water partition coefficient (Wildman–Crippen LogP) is 3.39. The number of rotatable bonds is 9. The largest absolute Gasteiger partial charge is 0.493 e. The number of nitro groups is 1. The lowest BCUT2D eigenvalue weighted by atomic mass is 10.1. The number of ether oxygens (including phenoxy) is 4. The Labute approximate surface area is 183 Å². The Kier molecular flexibility index (Phi) is 8.03. The first-order valence-corrected chi connectivity index (χ1v) is 9.31. The number of amides is 1. The van der Waals surface area contributed by atoms with Gasteiger partial charge in [0.15, 0.2) is 17.6 Å². The van der Waals surface area contributed by atoms with Gasteiger partial charge >= 0.3 is 5.97 Å². The van der Waals surface area contributed by atoms with Gasteiger partial charge in [-0.2, -0.15) is 0 Å². The van der Waals surface area contributed by atoms with E-state index in [2.05, 4.69) is 5.32 Å². The molecule has 1 amide bonds. The van der Waals surface area contributed by atoms with E-state index >= 15 is 0 Å². The first kappa shape index (κ1) is 23.7. The van der Waals surface area contributed by atoms with E-state index in [0.717, 1.165) is 6.07 Å². The van der Waals surface area contributed by atoms with Crippen LogP contribution in [0.3, 0.4) is 0 Å². The van der Waals surface area contributed by atoms with Crippen LogP contribution in [-0.4, -0.2) is 44.2 Å². The molecule has 166 valence electrons. The average molecular weight is 453 g/mol. The summed E-state index contributed by atoms with van der Waals surface area (Å²) < 4.78 is 20.9. The number of benzene rings is 2. The molecule has 0 spiro atoms. The fourth-order valence-electron chi connectivity index (χ4n) is 2.65. The molecule has 0 aliphatic carbocycles. The minimum Gasteiger partial charge on any atom is -0.493 e. The van der Waals surface area contributed by atoms with Crippen molar-refractivity contribution in [3.05, 3.63) is 51.0 Å². The number of nitrogens with zero attached hydrogens (tertiary/aromatic N) is 1. The standard InChI is InChI=1S/C20H21ClN2O8/c1-11(20(25)22-15-6-5-13(23(26)27)10-14(15)21)31-18(24)9-12-7-16(28-2)19(30-4)17(8-12)29-3/h5-8,10-11H,9H2,1-4H3,(H,22,25). The van der Waals surface area contributed by atoms with Crippen LogP contribution in [0.2, 0.25) is 5.02 Å². The summed E-state index contributed by atoms with van der Waals surface area (Å²) in [5.74, 6) is -0.165. The van der Waals surface area contributed by atoms with Crippen molar-refractivity contribution < 1.29 is 33.5 Å². The van der Waals surface area contributed by atoms with E-state index in [4.69, 9.17) is 30.5 Å². The minimum atomic E-state index is -1.14. The molecule has 0 saturated carbocycles. The van der Waals surface area contributed by atoms with Crippen LogP contribution in [0.5, 0.6) is 17.2 Å². The van der Waals surface area contributed by atoms with Crippen molar-refractivity contribution in [2.75, 3.05) is 26.6 Å². The summed E-state index contributed by atoms with van der Waals surface area (Å²) in [5.41, 5.74) is 0.475. The summed E-state index contributed by atoms with van der Waals surface area (Å²) >= 11 is 5.96. The Morgan fingerprint density at radius 1 is 1.10 bits per heavy atom. The van der Waals surface area contributed by atoms with Crippen molar-refractivity contribution in [1.29, 1.82) is 0 Å². The summed E-state index contributed by atoms with van der Waals surface area (Å²) in [5, 5.41) is 13.2. The second-order valence-electron chi connectivity index (χ2n) is 6.25. The van der Waals surface area contributed by atoms with Crippen molar-refractivity contribution in [3.8, 4) is 17.2 Å². The Morgan fingerprint density at radius 2 is 1.71 bits per heavy atom. The van der Waals surface area contributed by atoms with Crippen LogP contribution in [0, 0.1) is 10.1 Å². The third-order valence-electron chi connectivity index (χ3n) is 4.17. The molecule has 0 bridgehead atoms. The normalized spacial score (nSPS) is 11.3. The van der Waals surface area contributed by atoms with Gasteiger partial charge in [-0.25, -0.2) is 0 Å². The molecule has 0 saturated heterocycles. The first-order chi connectivity index (χ1) is 14.7. The number of halogens is 1. The Bertz CT molecular complexity index is 970. The zero-order valence-electron chi connectivity index (χ0n) is 17.3. The van der Waals surface area contributed by atoms with Gasteiger partial charge in [-0.1, -0.05) is 11.6 Å². The maximum Gasteiger partial charge on any atom is 0.311 e. The molecule has 1 N–H and O–H groups in total. The van der Waals surface area contributed by atoms with Gasteiger partial charge in [0.2, 0.25) is 5.75 Å². The molecule has 1 unspecified atom stereocenters. The maximum atomic E-state index is 12.3. The highest BCUT2D eigenvalue weighted by Gasteiger charge is 2.21. The second kappa shape index (κ2) is 10.5. The minimum absolute atomic E-state index is 0.0153. The lowest BCUT2D eigenvalue weighted by Gasteiger charge is -2.16. The molecular formula is C20H21ClN2O8. The number of nitrogens with one attached hydrogen (secondary N) is 1. The van der Waals surface area contributed by atoms with Gasteiger partial charge in [-0.05, 0) is 30.7 Å². The average Bonchev–Trinajstić information content (AvgIpc) is 2.73. The van der Waals surface area contributed by atoms with Crippen molar-refractivity contribution in [1.82, 2.24) is 0 Å². The van der Waals surface area contributed by atoms with Crippen LogP contribution < -0.4 is 19.5 Å². The van der Waals surface area contributed by atoms with Crippen LogP contribution in [0.15, 0.2) is 30.3 Å². The van der Waals surface area contributed by atoms with Crippen LogP contribution in [0.1, 0.15) is 12.5 Å². The third-order valence-corrected chi connectivity index (χ3v) is 4.48. The van der Waals surface area contributed by atoms with Crippen molar-refractivity contribution in [2.24, 2.45) is 0 Å². The van der Waals surface area contributed by atoms with E-state index < -0.39 is 22.9 Å². The zero-order valence-corrected chi connectivity index (χ0v) is 18.0. The highest BCUT2D eigenvalue weighted by molar-refractivity contribution is 6.34. The second-order valence-corrected chi connectivity index (χ2v) is 6.66. The van der Waals surface area contributed by atoms with Gasteiger partial charge in [0.25, 0.3) is 11.6 Å². The number of nitro benzene ring substituents is 1.